The van der Waals surface area contributed by atoms with Crippen LogP contribution in [0.4, 0.5) is 8.78 Å². The second-order valence-corrected chi connectivity index (χ2v) is 6.26. The molecular formula is C11H14F2N2O2S. The molecule has 0 radical (unpaired) electrons. The van der Waals surface area contributed by atoms with E-state index in [1.165, 1.54) is 0 Å². The molecule has 1 atom stereocenters. The minimum Gasteiger partial charge on any atom is -0.315 e. The molecule has 0 amide bonds. The Balaban J connectivity index is 2.04. The molecule has 1 aliphatic heterocycles. The van der Waals surface area contributed by atoms with Crippen LogP contribution in [0.2, 0.25) is 0 Å². The maximum absolute atomic E-state index is 13.3. The first-order chi connectivity index (χ1) is 8.49. The molecule has 1 unspecified atom stereocenters. The van der Waals surface area contributed by atoms with Crippen LogP contribution in [0.15, 0.2) is 18.2 Å². The van der Waals surface area contributed by atoms with Crippen molar-refractivity contribution in [3.63, 3.8) is 0 Å². The fourth-order valence-electron chi connectivity index (χ4n) is 1.87. The van der Waals surface area contributed by atoms with Crippen LogP contribution in [-0.4, -0.2) is 26.8 Å². The molecule has 100 valence electrons. The monoisotopic (exact) mass is 276 g/mol. The smallest absolute Gasteiger partial charge is 0.216 e. The van der Waals surface area contributed by atoms with E-state index in [9.17, 15) is 17.2 Å². The summed E-state index contributed by atoms with van der Waals surface area (Å²) in [7, 11) is -3.49. The number of rotatable bonds is 4. The Hall–Kier alpha value is -1.05. The summed E-state index contributed by atoms with van der Waals surface area (Å²) in [5.74, 6) is -1.21. The molecule has 18 heavy (non-hydrogen) atoms. The topological polar surface area (TPSA) is 58.2 Å². The third-order valence-corrected chi connectivity index (χ3v) is 4.75. The van der Waals surface area contributed by atoms with Crippen molar-refractivity contribution in [1.82, 2.24) is 10.0 Å². The van der Waals surface area contributed by atoms with Crippen molar-refractivity contribution >= 4 is 10.0 Å². The van der Waals surface area contributed by atoms with E-state index in [4.69, 9.17) is 0 Å². The second kappa shape index (κ2) is 5.29. The van der Waals surface area contributed by atoms with Crippen molar-refractivity contribution in [2.45, 2.75) is 18.2 Å². The van der Waals surface area contributed by atoms with E-state index in [0.29, 0.717) is 19.5 Å². The van der Waals surface area contributed by atoms with Gasteiger partial charge in [-0.05, 0) is 31.2 Å². The Morgan fingerprint density at radius 3 is 2.83 bits per heavy atom. The lowest BCUT2D eigenvalue weighted by atomic mass is 10.2. The van der Waals surface area contributed by atoms with Gasteiger partial charge in [-0.25, -0.2) is 21.9 Å². The van der Waals surface area contributed by atoms with Crippen LogP contribution in [0.3, 0.4) is 0 Å². The van der Waals surface area contributed by atoms with Crippen molar-refractivity contribution in [3.05, 3.63) is 35.4 Å². The van der Waals surface area contributed by atoms with Crippen molar-refractivity contribution < 1.29 is 17.2 Å². The van der Waals surface area contributed by atoms with Gasteiger partial charge in [0.05, 0.1) is 5.25 Å². The van der Waals surface area contributed by atoms with Gasteiger partial charge < -0.3 is 5.32 Å². The molecule has 0 spiro atoms. The standard InChI is InChI=1S/C11H14F2N2O2S/c12-9-1-2-11(13)8(5-9)6-15-18(16,17)10-3-4-14-7-10/h1-2,5,10,14-15H,3-4,6-7H2. The summed E-state index contributed by atoms with van der Waals surface area (Å²) in [5, 5.41) is 2.44. The third-order valence-electron chi connectivity index (χ3n) is 2.93. The highest BCUT2D eigenvalue weighted by atomic mass is 32.2. The van der Waals surface area contributed by atoms with Gasteiger partial charge in [-0.15, -0.1) is 0 Å². The van der Waals surface area contributed by atoms with Gasteiger partial charge in [-0.3, -0.25) is 0 Å². The fourth-order valence-corrected chi connectivity index (χ4v) is 3.23. The molecule has 1 aliphatic rings. The first kappa shape index (κ1) is 13.4. The van der Waals surface area contributed by atoms with Crippen LogP contribution in [0.25, 0.3) is 0 Å². The summed E-state index contributed by atoms with van der Waals surface area (Å²) in [4.78, 5) is 0. The average molecular weight is 276 g/mol. The molecule has 0 bridgehead atoms. The van der Waals surface area contributed by atoms with Gasteiger partial charge in [0.2, 0.25) is 10.0 Å². The van der Waals surface area contributed by atoms with E-state index in [0.717, 1.165) is 18.2 Å². The van der Waals surface area contributed by atoms with Crippen LogP contribution in [0, 0.1) is 11.6 Å². The zero-order valence-electron chi connectivity index (χ0n) is 9.62. The molecule has 2 N–H and O–H groups in total. The number of benzene rings is 1. The van der Waals surface area contributed by atoms with Gasteiger partial charge in [0.1, 0.15) is 11.6 Å². The zero-order chi connectivity index (χ0) is 13.2. The molecule has 1 aromatic carbocycles. The molecule has 1 saturated heterocycles. The molecular weight excluding hydrogens is 262 g/mol. The second-order valence-electron chi connectivity index (χ2n) is 4.22. The van der Waals surface area contributed by atoms with Gasteiger partial charge in [0.25, 0.3) is 0 Å². The third kappa shape index (κ3) is 3.04. The van der Waals surface area contributed by atoms with E-state index >= 15 is 0 Å². The molecule has 1 heterocycles. The first-order valence-corrected chi connectivity index (χ1v) is 7.17. The maximum Gasteiger partial charge on any atom is 0.216 e. The van der Waals surface area contributed by atoms with E-state index in [2.05, 4.69) is 10.0 Å². The van der Waals surface area contributed by atoms with Gasteiger partial charge in [-0.2, -0.15) is 0 Å². The Morgan fingerprint density at radius 1 is 1.39 bits per heavy atom. The SMILES string of the molecule is O=S(=O)(NCc1cc(F)ccc1F)C1CCNC1. The minimum absolute atomic E-state index is 0.00420. The largest absolute Gasteiger partial charge is 0.315 e. The predicted octanol–water partition coefficient (Wildman–Crippen LogP) is 0.746. The van der Waals surface area contributed by atoms with Gasteiger partial charge in [-0.1, -0.05) is 0 Å². The summed E-state index contributed by atoms with van der Waals surface area (Å²) in [6.07, 6.45) is 0.529. The normalized spacial score (nSPS) is 20.2. The summed E-state index contributed by atoms with van der Waals surface area (Å²) >= 11 is 0. The number of hydrogen-bond donors (Lipinski definition) is 2. The summed E-state index contributed by atoms with van der Waals surface area (Å²) in [6.45, 7) is 0.809. The van der Waals surface area contributed by atoms with Crippen LogP contribution < -0.4 is 10.0 Å². The van der Waals surface area contributed by atoms with E-state index in [1.54, 1.807) is 0 Å². The molecule has 7 heteroatoms. The molecule has 0 aliphatic carbocycles. The van der Waals surface area contributed by atoms with Crippen LogP contribution >= 0.6 is 0 Å². The maximum atomic E-state index is 13.3. The molecule has 4 nitrogen and oxygen atoms in total. The first-order valence-electron chi connectivity index (χ1n) is 5.62. The number of nitrogens with one attached hydrogen (secondary N) is 2. The zero-order valence-corrected chi connectivity index (χ0v) is 10.4. The van der Waals surface area contributed by atoms with E-state index in [1.807, 2.05) is 0 Å². The van der Waals surface area contributed by atoms with Crippen molar-refractivity contribution in [2.24, 2.45) is 0 Å². The van der Waals surface area contributed by atoms with Gasteiger partial charge in [0, 0.05) is 18.7 Å². The van der Waals surface area contributed by atoms with Crippen LogP contribution in [0.5, 0.6) is 0 Å². The molecule has 1 fully saturated rings. The molecule has 0 saturated carbocycles. The van der Waals surface area contributed by atoms with Crippen molar-refractivity contribution in [2.75, 3.05) is 13.1 Å². The highest BCUT2D eigenvalue weighted by molar-refractivity contribution is 7.90. The van der Waals surface area contributed by atoms with E-state index in [-0.39, 0.29) is 12.1 Å². The van der Waals surface area contributed by atoms with Crippen LogP contribution in [0.1, 0.15) is 12.0 Å². The van der Waals surface area contributed by atoms with Gasteiger partial charge in [0.15, 0.2) is 0 Å². The van der Waals surface area contributed by atoms with Crippen molar-refractivity contribution in [3.8, 4) is 0 Å². The lowest BCUT2D eigenvalue weighted by molar-refractivity contribution is 0.558. The summed E-state index contributed by atoms with van der Waals surface area (Å²) in [6, 6.07) is 2.97. The number of hydrogen-bond acceptors (Lipinski definition) is 3. The highest BCUT2D eigenvalue weighted by Crippen LogP contribution is 2.12. The van der Waals surface area contributed by atoms with Crippen molar-refractivity contribution in [1.29, 1.82) is 0 Å². The summed E-state index contributed by atoms with van der Waals surface area (Å²) < 4.78 is 52.2. The lowest BCUT2D eigenvalue weighted by Gasteiger charge is -2.12. The lowest BCUT2D eigenvalue weighted by Crippen LogP contribution is -2.35. The van der Waals surface area contributed by atoms with Crippen LogP contribution in [-0.2, 0) is 16.6 Å². The average Bonchev–Trinajstić information content (AvgIpc) is 2.85. The highest BCUT2D eigenvalue weighted by Gasteiger charge is 2.28. The quantitative estimate of drug-likeness (QED) is 0.853. The van der Waals surface area contributed by atoms with Gasteiger partial charge >= 0.3 is 0 Å². The fraction of sp³-hybridized carbons (Fsp3) is 0.455. The molecule has 2 rings (SSSR count). The summed E-state index contributed by atoms with van der Waals surface area (Å²) in [5.41, 5.74) is 0.00420. The Labute approximate surface area is 104 Å². The number of halogens is 2. The molecule has 1 aromatic rings. The Kier molecular flexibility index (Phi) is 3.94. The van der Waals surface area contributed by atoms with E-state index < -0.39 is 26.9 Å². The minimum atomic E-state index is -3.49. The Morgan fingerprint density at radius 2 is 2.17 bits per heavy atom. The number of sulfonamides is 1. The Bertz CT molecular complexity index is 528. The molecule has 0 aromatic heterocycles. The predicted molar refractivity (Wildman–Crippen MR) is 63.4 cm³/mol.